The molecule has 1 atom stereocenters. The minimum absolute atomic E-state index is 0.0554. The van der Waals surface area contributed by atoms with Crippen molar-refractivity contribution >= 4 is 11.4 Å². The van der Waals surface area contributed by atoms with Crippen LogP contribution in [0.1, 0.15) is 5.56 Å². The minimum atomic E-state index is -0.482. The fraction of sp³-hybridized carbons (Fsp3) is 0.400. The van der Waals surface area contributed by atoms with Gasteiger partial charge in [0.15, 0.2) is 6.29 Å². The summed E-state index contributed by atoms with van der Waals surface area (Å²) in [5.74, 6) is 0. The van der Waals surface area contributed by atoms with Crippen LogP contribution in [0, 0.1) is 10.1 Å². The van der Waals surface area contributed by atoms with Gasteiger partial charge in [-0.15, -0.1) is 0 Å². The van der Waals surface area contributed by atoms with Crippen LogP contribution in [0.3, 0.4) is 0 Å². The zero-order chi connectivity index (χ0) is 11.5. The lowest BCUT2D eigenvalue weighted by Crippen LogP contribution is -2.05. The van der Waals surface area contributed by atoms with E-state index in [1.807, 2.05) is 0 Å². The maximum absolute atomic E-state index is 10.6. The summed E-state index contributed by atoms with van der Waals surface area (Å²) in [4.78, 5) is 10.2. The molecule has 1 heterocycles. The van der Waals surface area contributed by atoms with Crippen LogP contribution in [0.4, 0.5) is 11.4 Å². The Morgan fingerprint density at radius 3 is 3.00 bits per heavy atom. The molecule has 1 aromatic rings. The third-order valence-corrected chi connectivity index (χ3v) is 2.35. The molecule has 0 aromatic heterocycles. The summed E-state index contributed by atoms with van der Waals surface area (Å²) < 4.78 is 10.1. The highest BCUT2D eigenvalue weighted by atomic mass is 16.8. The first kappa shape index (κ1) is 10.8. The Hall–Kier alpha value is -1.66. The van der Waals surface area contributed by atoms with Gasteiger partial charge in [0.05, 0.1) is 11.5 Å². The number of benzene rings is 1. The summed E-state index contributed by atoms with van der Waals surface area (Å²) in [6, 6.07) is 4.78. The van der Waals surface area contributed by atoms with E-state index in [2.05, 4.69) is 0 Å². The number of anilines is 1. The van der Waals surface area contributed by atoms with Gasteiger partial charge >= 0.3 is 0 Å². The first-order chi connectivity index (χ1) is 7.68. The number of para-hydroxylation sites is 1. The Morgan fingerprint density at radius 1 is 1.62 bits per heavy atom. The van der Waals surface area contributed by atoms with Crippen molar-refractivity contribution in [3.05, 3.63) is 33.9 Å². The summed E-state index contributed by atoms with van der Waals surface area (Å²) in [7, 11) is 0. The van der Waals surface area contributed by atoms with Crippen molar-refractivity contribution in [3.8, 4) is 0 Å². The average molecular weight is 224 g/mol. The summed E-state index contributed by atoms with van der Waals surface area (Å²) in [6.45, 7) is 1.08. The number of nitro groups is 1. The molecule has 2 N–H and O–H groups in total. The molecule has 0 radical (unpaired) electrons. The molecule has 0 spiro atoms. The summed E-state index contributed by atoms with van der Waals surface area (Å²) in [5.41, 5.74) is 6.58. The Balaban J connectivity index is 2.01. The molecule has 0 aliphatic carbocycles. The topological polar surface area (TPSA) is 90.9 Å². The Morgan fingerprint density at radius 2 is 2.38 bits per heavy atom. The quantitative estimate of drug-likeness (QED) is 0.350. The number of hydrogen-bond acceptors (Lipinski definition) is 5. The lowest BCUT2D eigenvalue weighted by molar-refractivity contribution is -0.383. The van der Waals surface area contributed by atoms with E-state index in [4.69, 9.17) is 15.2 Å². The van der Waals surface area contributed by atoms with Crippen molar-refractivity contribution in [1.29, 1.82) is 0 Å². The molecule has 1 aliphatic rings. The van der Waals surface area contributed by atoms with Gasteiger partial charge in [-0.2, -0.15) is 0 Å². The van der Waals surface area contributed by atoms with Crippen LogP contribution in [0.15, 0.2) is 18.2 Å². The molecule has 0 bridgehead atoms. The molecule has 1 fully saturated rings. The molecule has 0 amide bonds. The summed E-state index contributed by atoms with van der Waals surface area (Å²) >= 11 is 0. The van der Waals surface area contributed by atoms with Crippen LogP contribution in [0.5, 0.6) is 0 Å². The zero-order valence-electron chi connectivity index (χ0n) is 8.59. The third-order valence-electron chi connectivity index (χ3n) is 2.35. The van der Waals surface area contributed by atoms with Crippen LogP contribution in [0.2, 0.25) is 0 Å². The Kier molecular flexibility index (Phi) is 3.02. The third kappa shape index (κ3) is 2.47. The van der Waals surface area contributed by atoms with Gasteiger partial charge in [-0.1, -0.05) is 12.1 Å². The lowest BCUT2D eigenvalue weighted by atomic mass is 10.1. The van der Waals surface area contributed by atoms with Crippen molar-refractivity contribution < 1.29 is 14.4 Å². The van der Waals surface area contributed by atoms with Crippen molar-refractivity contribution in [2.45, 2.75) is 12.7 Å². The smallest absolute Gasteiger partial charge is 0.292 e. The van der Waals surface area contributed by atoms with Crippen LogP contribution in [0.25, 0.3) is 0 Å². The fourth-order valence-electron chi connectivity index (χ4n) is 1.41. The number of nitrogens with zero attached hydrogens (tertiary/aromatic N) is 1. The molecule has 86 valence electrons. The molecule has 1 saturated heterocycles. The largest absolute Gasteiger partial charge is 0.393 e. The predicted octanol–water partition coefficient (Wildman–Crippen LogP) is 1.09. The lowest BCUT2D eigenvalue weighted by Gasteiger charge is -2.05. The van der Waals surface area contributed by atoms with Gasteiger partial charge in [-0.25, -0.2) is 0 Å². The number of epoxide rings is 1. The second-order valence-corrected chi connectivity index (χ2v) is 3.49. The molecule has 1 unspecified atom stereocenters. The van der Waals surface area contributed by atoms with E-state index in [0.717, 1.165) is 5.56 Å². The van der Waals surface area contributed by atoms with Gasteiger partial charge in [-0.05, 0) is 12.0 Å². The number of ether oxygens (including phenoxy) is 2. The molecule has 1 aromatic carbocycles. The predicted molar refractivity (Wildman–Crippen MR) is 56.9 cm³/mol. The molecule has 2 rings (SSSR count). The Labute approximate surface area is 92.1 Å². The highest BCUT2D eigenvalue weighted by molar-refractivity contribution is 5.62. The number of hydrogen-bond donors (Lipinski definition) is 1. The molecule has 1 aliphatic heterocycles. The second kappa shape index (κ2) is 4.46. The molecule has 6 nitrogen and oxygen atoms in total. The van der Waals surface area contributed by atoms with Crippen LogP contribution >= 0.6 is 0 Å². The maximum atomic E-state index is 10.6. The number of nitro benzene ring substituents is 1. The summed E-state index contributed by atoms with van der Waals surface area (Å²) in [5, 5.41) is 10.6. The highest BCUT2D eigenvalue weighted by Gasteiger charge is 2.23. The average Bonchev–Trinajstić information content (AvgIpc) is 3.04. The van der Waals surface area contributed by atoms with E-state index >= 15 is 0 Å². The standard InChI is InChI=1S/C10H12N2O4/c11-10-7(4-5-15-9-6-16-9)2-1-3-8(10)12(13)14/h1-3,9H,4-6,11H2. The van der Waals surface area contributed by atoms with Crippen LogP contribution < -0.4 is 5.73 Å². The summed E-state index contributed by atoms with van der Waals surface area (Å²) in [6.07, 6.45) is 0.452. The van der Waals surface area contributed by atoms with Crippen molar-refractivity contribution in [3.63, 3.8) is 0 Å². The monoisotopic (exact) mass is 224 g/mol. The molecular weight excluding hydrogens is 212 g/mol. The maximum Gasteiger partial charge on any atom is 0.292 e. The normalized spacial score (nSPS) is 18.4. The first-order valence-corrected chi connectivity index (χ1v) is 4.93. The van der Waals surface area contributed by atoms with Gasteiger partial charge in [0.1, 0.15) is 12.3 Å². The van der Waals surface area contributed by atoms with Crippen molar-refractivity contribution in [2.75, 3.05) is 18.9 Å². The molecule has 6 heteroatoms. The van der Waals surface area contributed by atoms with E-state index in [0.29, 0.717) is 19.6 Å². The zero-order valence-corrected chi connectivity index (χ0v) is 8.59. The minimum Gasteiger partial charge on any atom is -0.393 e. The number of nitrogen functional groups attached to an aromatic ring is 1. The molecule has 0 saturated carbocycles. The van der Waals surface area contributed by atoms with E-state index in [1.54, 1.807) is 12.1 Å². The van der Waals surface area contributed by atoms with Gasteiger partial charge in [0, 0.05) is 6.07 Å². The van der Waals surface area contributed by atoms with E-state index in [1.165, 1.54) is 6.07 Å². The highest BCUT2D eigenvalue weighted by Crippen LogP contribution is 2.25. The Bertz CT molecular complexity index is 404. The molecular formula is C10H12N2O4. The SMILES string of the molecule is Nc1c(CCOC2CO2)cccc1[N+](=O)[O-]. The number of nitrogens with two attached hydrogens (primary N) is 1. The van der Waals surface area contributed by atoms with Gasteiger partial charge in [0.2, 0.25) is 0 Å². The van der Waals surface area contributed by atoms with Crippen LogP contribution in [-0.4, -0.2) is 24.4 Å². The fourth-order valence-corrected chi connectivity index (χ4v) is 1.41. The molecule has 16 heavy (non-hydrogen) atoms. The first-order valence-electron chi connectivity index (χ1n) is 4.93. The van der Waals surface area contributed by atoms with E-state index in [9.17, 15) is 10.1 Å². The van der Waals surface area contributed by atoms with Crippen molar-refractivity contribution in [2.24, 2.45) is 0 Å². The van der Waals surface area contributed by atoms with E-state index in [-0.39, 0.29) is 17.7 Å². The van der Waals surface area contributed by atoms with Crippen LogP contribution in [-0.2, 0) is 15.9 Å². The van der Waals surface area contributed by atoms with E-state index < -0.39 is 4.92 Å². The van der Waals surface area contributed by atoms with Gasteiger partial charge < -0.3 is 15.2 Å². The van der Waals surface area contributed by atoms with Gasteiger partial charge in [0.25, 0.3) is 5.69 Å². The second-order valence-electron chi connectivity index (χ2n) is 3.49. The van der Waals surface area contributed by atoms with Crippen molar-refractivity contribution in [1.82, 2.24) is 0 Å². The number of rotatable bonds is 5. The van der Waals surface area contributed by atoms with Gasteiger partial charge in [-0.3, -0.25) is 10.1 Å².